The van der Waals surface area contributed by atoms with Gasteiger partial charge in [-0.1, -0.05) is 12.1 Å². The fourth-order valence-corrected chi connectivity index (χ4v) is 2.28. The number of ether oxygens (including phenoxy) is 1. The van der Waals surface area contributed by atoms with Gasteiger partial charge < -0.3 is 10.5 Å². The molecule has 0 radical (unpaired) electrons. The molecule has 1 aliphatic rings. The number of rotatable bonds is 4. The minimum Gasteiger partial charge on any atom is -0.373 e. The summed E-state index contributed by atoms with van der Waals surface area (Å²) >= 11 is 0. The number of hydrogen-bond acceptors (Lipinski definition) is 4. The Morgan fingerprint density at radius 3 is 2.68 bits per heavy atom. The molecule has 2 N–H and O–H groups in total. The lowest BCUT2D eigenvalue weighted by Crippen LogP contribution is -2.30. The zero-order valence-electron chi connectivity index (χ0n) is 10.5. The van der Waals surface area contributed by atoms with E-state index in [0.717, 1.165) is 31.7 Å². The van der Waals surface area contributed by atoms with E-state index in [-0.39, 0.29) is 24.3 Å². The Kier molecular flexibility index (Phi) is 4.44. The highest BCUT2D eigenvalue weighted by Gasteiger charge is 2.21. The highest BCUT2D eigenvalue weighted by Crippen LogP contribution is 2.24. The summed E-state index contributed by atoms with van der Waals surface area (Å²) in [5.41, 5.74) is 5.51. The molecule has 0 aromatic heterocycles. The number of hydrogen-bond donors (Lipinski definition) is 1. The van der Waals surface area contributed by atoms with Crippen LogP contribution in [0.5, 0.6) is 0 Å². The van der Waals surface area contributed by atoms with Gasteiger partial charge in [0.15, 0.2) is 0 Å². The molecule has 0 atom stereocenters. The van der Waals surface area contributed by atoms with Crippen molar-refractivity contribution in [1.29, 1.82) is 0 Å². The molecular weight excluding hydrogens is 251 g/mol. The quantitative estimate of drug-likeness (QED) is 0.672. The third-order valence-electron chi connectivity index (χ3n) is 3.45. The van der Waals surface area contributed by atoms with Gasteiger partial charge in [0.25, 0.3) is 0 Å². The second-order valence-corrected chi connectivity index (χ2v) is 4.86. The lowest BCUT2D eigenvalue weighted by molar-refractivity contribution is -0.387. The van der Waals surface area contributed by atoms with Crippen LogP contribution >= 0.6 is 0 Å². The Morgan fingerprint density at radius 2 is 2.05 bits per heavy atom. The summed E-state index contributed by atoms with van der Waals surface area (Å²) in [4.78, 5) is 9.90. The van der Waals surface area contributed by atoms with Crippen molar-refractivity contribution >= 4 is 5.69 Å². The Balaban J connectivity index is 1.96. The number of halogens is 1. The molecule has 1 aliphatic carbocycles. The van der Waals surface area contributed by atoms with Gasteiger partial charge in [-0.15, -0.1) is 0 Å². The smallest absolute Gasteiger partial charge is 0.305 e. The number of nitrogens with two attached hydrogens (primary N) is 1. The molecule has 0 heterocycles. The van der Waals surface area contributed by atoms with Crippen molar-refractivity contribution in [2.75, 3.05) is 0 Å². The van der Waals surface area contributed by atoms with Gasteiger partial charge in [0.2, 0.25) is 5.82 Å². The van der Waals surface area contributed by atoms with Gasteiger partial charge in [0.1, 0.15) is 0 Å². The summed E-state index contributed by atoms with van der Waals surface area (Å²) in [5.74, 6) is -0.806. The second-order valence-electron chi connectivity index (χ2n) is 4.86. The van der Waals surface area contributed by atoms with E-state index in [1.54, 1.807) is 0 Å². The van der Waals surface area contributed by atoms with Gasteiger partial charge in [-0.2, -0.15) is 4.39 Å². The molecule has 19 heavy (non-hydrogen) atoms. The molecule has 104 valence electrons. The molecule has 0 saturated heterocycles. The maximum atomic E-state index is 13.8. The van der Waals surface area contributed by atoms with Crippen LogP contribution in [0.3, 0.4) is 0 Å². The first-order valence-electron chi connectivity index (χ1n) is 6.37. The highest BCUT2D eigenvalue weighted by molar-refractivity contribution is 5.36. The van der Waals surface area contributed by atoms with E-state index >= 15 is 0 Å². The van der Waals surface area contributed by atoms with E-state index in [1.165, 1.54) is 12.1 Å². The zero-order chi connectivity index (χ0) is 13.8. The first-order chi connectivity index (χ1) is 9.08. The average Bonchev–Trinajstić information content (AvgIpc) is 2.39. The second kappa shape index (κ2) is 6.08. The number of nitrogens with zero attached hydrogens (tertiary/aromatic N) is 1. The predicted molar refractivity (Wildman–Crippen MR) is 68.1 cm³/mol. The summed E-state index contributed by atoms with van der Waals surface area (Å²) in [5, 5.41) is 10.6. The maximum absolute atomic E-state index is 13.8. The van der Waals surface area contributed by atoms with Gasteiger partial charge in [-0.05, 0) is 25.7 Å². The first-order valence-corrected chi connectivity index (χ1v) is 6.37. The molecular formula is C13H17FN2O3. The Morgan fingerprint density at radius 1 is 1.37 bits per heavy atom. The molecule has 5 nitrogen and oxygen atoms in total. The van der Waals surface area contributed by atoms with E-state index in [2.05, 4.69) is 0 Å². The van der Waals surface area contributed by atoms with Crippen LogP contribution in [0.1, 0.15) is 31.2 Å². The molecule has 1 aromatic carbocycles. The van der Waals surface area contributed by atoms with E-state index < -0.39 is 16.4 Å². The molecule has 1 saturated carbocycles. The Hall–Kier alpha value is -1.53. The molecule has 0 bridgehead atoms. The summed E-state index contributed by atoms with van der Waals surface area (Å²) in [6.07, 6.45) is 3.60. The van der Waals surface area contributed by atoms with Crippen LogP contribution < -0.4 is 5.73 Å². The topological polar surface area (TPSA) is 78.4 Å². The largest absolute Gasteiger partial charge is 0.373 e. The van der Waals surface area contributed by atoms with Gasteiger partial charge >= 0.3 is 5.69 Å². The number of nitro groups is 1. The van der Waals surface area contributed by atoms with Crippen LogP contribution in [0.25, 0.3) is 0 Å². The van der Waals surface area contributed by atoms with E-state index in [4.69, 9.17) is 10.5 Å². The molecule has 6 heteroatoms. The Labute approximate surface area is 110 Å². The predicted octanol–water partition coefficient (Wildman–Crippen LogP) is 2.52. The summed E-state index contributed by atoms with van der Waals surface area (Å²) in [6.45, 7) is 0.0629. The van der Waals surface area contributed by atoms with Gasteiger partial charge in [-0.3, -0.25) is 10.1 Å². The van der Waals surface area contributed by atoms with Crippen LogP contribution in [0.4, 0.5) is 10.1 Å². The molecule has 0 amide bonds. The first kappa shape index (κ1) is 13.9. The molecule has 0 aliphatic heterocycles. The molecule has 1 fully saturated rings. The van der Waals surface area contributed by atoms with Crippen molar-refractivity contribution in [2.45, 2.75) is 44.4 Å². The lowest BCUT2D eigenvalue weighted by atomic mass is 9.94. The van der Waals surface area contributed by atoms with E-state index in [1.807, 2.05) is 0 Å². The van der Waals surface area contributed by atoms with Gasteiger partial charge in [-0.25, -0.2) is 0 Å². The monoisotopic (exact) mass is 268 g/mol. The highest BCUT2D eigenvalue weighted by atomic mass is 19.1. The molecule has 1 aromatic rings. The standard InChI is InChI=1S/C13H17FN2O3/c14-13-9(2-1-3-12(13)16(17)18)8-19-11-6-4-10(15)5-7-11/h1-3,10-11H,4-8,15H2. The maximum Gasteiger partial charge on any atom is 0.305 e. The fraction of sp³-hybridized carbons (Fsp3) is 0.538. The fourth-order valence-electron chi connectivity index (χ4n) is 2.28. The molecule has 2 rings (SSSR count). The van der Waals surface area contributed by atoms with Crippen LogP contribution in [-0.4, -0.2) is 17.1 Å². The summed E-state index contributed by atoms with van der Waals surface area (Å²) in [7, 11) is 0. The van der Waals surface area contributed by atoms with Crippen molar-refractivity contribution in [3.63, 3.8) is 0 Å². The van der Waals surface area contributed by atoms with Crippen molar-refractivity contribution in [3.05, 3.63) is 39.7 Å². The van der Waals surface area contributed by atoms with E-state index in [9.17, 15) is 14.5 Å². The van der Waals surface area contributed by atoms with Crippen molar-refractivity contribution in [2.24, 2.45) is 5.73 Å². The van der Waals surface area contributed by atoms with Crippen LogP contribution in [0.2, 0.25) is 0 Å². The molecule has 0 unspecified atom stereocenters. The normalized spacial score (nSPS) is 23.3. The number of benzene rings is 1. The van der Waals surface area contributed by atoms with Crippen LogP contribution in [0, 0.1) is 15.9 Å². The summed E-state index contributed by atoms with van der Waals surface area (Å²) in [6, 6.07) is 4.36. The van der Waals surface area contributed by atoms with Crippen molar-refractivity contribution in [3.8, 4) is 0 Å². The SMILES string of the molecule is NC1CCC(OCc2cccc([N+](=O)[O-])c2F)CC1. The third kappa shape index (κ3) is 3.48. The van der Waals surface area contributed by atoms with Crippen molar-refractivity contribution < 1.29 is 14.1 Å². The Bertz CT molecular complexity index is 459. The minimum absolute atomic E-state index is 0.0629. The van der Waals surface area contributed by atoms with Crippen LogP contribution in [0.15, 0.2) is 18.2 Å². The third-order valence-corrected chi connectivity index (χ3v) is 3.45. The summed E-state index contributed by atoms with van der Waals surface area (Å²) < 4.78 is 19.4. The zero-order valence-corrected chi connectivity index (χ0v) is 10.5. The molecule has 0 spiro atoms. The average molecular weight is 268 g/mol. The van der Waals surface area contributed by atoms with Gasteiger partial charge in [0, 0.05) is 17.7 Å². The van der Waals surface area contributed by atoms with Gasteiger partial charge in [0.05, 0.1) is 17.6 Å². The van der Waals surface area contributed by atoms with E-state index in [0.29, 0.717) is 0 Å². The number of nitro benzene ring substituents is 1. The van der Waals surface area contributed by atoms with Crippen LogP contribution in [-0.2, 0) is 11.3 Å². The lowest BCUT2D eigenvalue weighted by Gasteiger charge is -2.26. The minimum atomic E-state index is -0.806. The van der Waals surface area contributed by atoms with Crippen molar-refractivity contribution in [1.82, 2.24) is 0 Å².